The Bertz CT molecular complexity index is 399. The van der Waals surface area contributed by atoms with Crippen molar-refractivity contribution in [3.63, 3.8) is 0 Å². The van der Waals surface area contributed by atoms with Gasteiger partial charge >= 0.3 is 0 Å². The molecule has 16 heavy (non-hydrogen) atoms. The topological polar surface area (TPSA) is 50.2 Å². The van der Waals surface area contributed by atoms with Crippen LogP contribution < -0.4 is 5.32 Å². The van der Waals surface area contributed by atoms with Crippen LogP contribution in [0.2, 0.25) is 0 Å². The molecule has 1 atom stereocenters. The van der Waals surface area contributed by atoms with E-state index in [4.69, 9.17) is 0 Å². The summed E-state index contributed by atoms with van der Waals surface area (Å²) < 4.78 is 1.69. The third-order valence-corrected chi connectivity index (χ3v) is 3.13. The first-order valence-electron chi connectivity index (χ1n) is 5.58. The van der Waals surface area contributed by atoms with Gasteiger partial charge in [0.2, 0.25) is 0 Å². The Hall–Kier alpha value is -1.36. The van der Waals surface area contributed by atoms with E-state index in [0.717, 1.165) is 30.8 Å². The lowest BCUT2D eigenvalue weighted by Gasteiger charge is -2.15. The zero-order chi connectivity index (χ0) is 11.7. The quantitative estimate of drug-likeness (QED) is 0.775. The highest BCUT2D eigenvalue weighted by Crippen LogP contribution is 2.15. The minimum absolute atomic E-state index is 0.100. The van der Waals surface area contributed by atoms with Crippen molar-refractivity contribution in [2.45, 2.75) is 19.4 Å². The SMILES string of the molecule is CNC1CCN(C(=O)c2cn(C)nc2C)C1. The molecule has 2 rings (SSSR count). The van der Waals surface area contributed by atoms with Crippen LogP contribution in [0, 0.1) is 6.92 Å². The summed E-state index contributed by atoms with van der Waals surface area (Å²) in [7, 11) is 3.78. The Balaban J connectivity index is 2.11. The maximum absolute atomic E-state index is 12.2. The first-order valence-corrected chi connectivity index (χ1v) is 5.58. The van der Waals surface area contributed by atoms with Crippen LogP contribution in [0.4, 0.5) is 0 Å². The van der Waals surface area contributed by atoms with E-state index < -0.39 is 0 Å². The summed E-state index contributed by atoms with van der Waals surface area (Å²) in [5.74, 6) is 0.100. The van der Waals surface area contributed by atoms with E-state index in [2.05, 4.69) is 10.4 Å². The number of carbonyl (C=O) groups is 1. The molecule has 1 aromatic rings. The summed E-state index contributed by atoms with van der Waals surface area (Å²) >= 11 is 0. The molecule has 0 aromatic carbocycles. The van der Waals surface area contributed by atoms with Crippen molar-refractivity contribution in [3.8, 4) is 0 Å². The number of aromatic nitrogens is 2. The normalized spacial score (nSPS) is 20.4. The molecule has 1 saturated heterocycles. The third kappa shape index (κ3) is 1.95. The molecule has 0 radical (unpaired) electrons. The number of hydrogen-bond acceptors (Lipinski definition) is 3. The van der Waals surface area contributed by atoms with Crippen molar-refractivity contribution in [2.75, 3.05) is 20.1 Å². The van der Waals surface area contributed by atoms with E-state index in [9.17, 15) is 4.79 Å². The van der Waals surface area contributed by atoms with Gasteiger partial charge in [-0.15, -0.1) is 0 Å². The molecule has 5 nitrogen and oxygen atoms in total. The number of aryl methyl sites for hydroxylation is 2. The lowest BCUT2D eigenvalue weighted by molar-refractivity contribution is 0.0789. The van der Waals surface area contributed by atoms with Crippen LogP contribution >= 0.6 is 0 Å². The van der Waals surface area contributed by atoms with Gasteiger partial charge in [0.05, 0.1) is 11.3 Å². The third-order valence-electron chi connectivity index (χ3n) is 3.13. The Morgan fingerprint density at radius 3 is 2.88 bits per heavy atom. The second-order valence-electron chi connectivity index (χ2n) is 4.33. The summed E-state index contributed by atoms with van der Waals surface area (Å²) in [6, 6.07) is 0.431. The molecule has 1 amide bonds. The molecule has 1 aromatic heterocycles. The Morgan fingerprint density at radius 2 is 2.38 bits per heavy atom. The molecule has 0 aliphatic carbocycles. The number of rotatable bonds is 2. The highest BCUT2D eigenvalue weighted by molar-refractivity contribution is 5.95. The van der Waals surface area contributed by atoms with Gasteiger partial charge in [-0.05, 0) is 20.4 Å². The fourth-order valence-corrected chi connectivity index (χ4v) is 2.16. The number of nitrogens with one attached hydrogen (secondary N) is 1. The lowest BCUT2D eigenvalue weighted by atomic mass is 10.2. The fourth-order valence-electron chi connectivity index (χ4n) is 2.16. The van der Waals surface area contributed by atoms with Crippen molar-refractivity contribution < 1.29 is 4.79 Å². The lowest BCUT2D eigenvalue weighted by Crippen LogP contribution is -2.33. The zero-order valence-corrected chi connectivity index (χ0v) is 10.0. The predicted octanol–water partition coefficient (Wildman–Crippen LogP) is 0.162. The number of carbonyl (C=O) groups excluding carboxylic acids is 1. The van der Waals surface area contributed by atoms with Gasteiger partial charge in [0.15, 0.2) is 0 Å². The summed E-state index contributed by atoms with van der Waals surface area (Å²) in [4.78, 5) is 14.1. The molecular formula is C11H18N4O. The number of likely N-dealkylation sites (tertiary alicyclic amines) is 1. The number of hydrogen-bond donors (Lipinski definition) is 1. The average Bonchev–Trinajstić information content (AvgIpc) is 2.84. The molecule has 1 aliphatic rings. The van der Waals surface area contributed by atoms with Crippen molar-refractivity contribution >= 4 is 5.91 Å². The summed E-state index contributed by atoms with van der Waals surface area (Å²) in [6.45, 7) is 3.50. The predicted molar refractivity (Wildman–Crippen MR) is 61.3 cm³/mol. The monoisotopic (exact) mass is 222 g/mol. The number of likely N-dealkylation sites (N-methyl/N-ethyl adjacent to an activating group) is 1. The Morgan fingerprint density at radius 1 is 1.62 bits per heavy atom. The van der Waals surface area contributed by atoms with Gasteiger partial charge in [-0.3, -0.25) is 9.48 Å². The van der Waals surface area contributed by atoms with Crippen LogP contribution in [0.1, 0.15) is 22.5 Å². The summed E-state index contributed by atoms with van der Waals surface area (Å²) in [5, 5.41) is 7.40. The van der Waals surface area contributed by atoms with Gasteiger partial charge in [0.1, 0.15) is 0 Å². The van der Waals surface area contributed by atoms with Gasteiger partial charge in [-0.2, -0.15) is 5.10 Å². The minimum atomic E-state index is 0.100. The van der Waals surface area contributed by atoms with Crippen LogP contribution in [0.15, 0.2) is 6.20 Å². The second-order valence-corrected chi connectivity index (χ2v) is 4.33. The van der Waals surface area contributed by atoms with Gasteiger partial charge in [-0.25, -0.2) is 0 Å². The molecule has 0 bridgehead atoms. The van der Waals surface area contributed by atoms with Crippen LogP contribution in [-0.2, 0) is 7.05 Å². The fraction of sp³-hybridized carbons (Fsp3) is 0.636. The van der Waals surface area contributed by atoms with Crippen molar-refractivity contribution in [3.05, 3.63) is 17.5 Å². The van der Waals surface area contributed by atoms with Crippen molar-refractivity contribution in [2.24, 2.45) is 7.05 Å². The molecule has 2 heterocycles. The van der Waals surface area contributed by atoms with Crippen molar-refractivity contribution in [1.82, 2.24) is 20.0 Å². The summed E-state index contributed by atoms with van der Waals surface area (Å²) in [6.07, 6.45) is 2.83. The standard InChI is InChI=1S/C11H18N4O/c1-8-10(7-14(3)13-8)11(16)15-5-4-9(6-15)12-2/h7,9,12H,4-6H2,1-3H3. The van der Waals surface area contributed by atoms with E-state index in [-0.39, 0.29) is 5.91 Å². The molecule has 1 fully saturated rings. The van der Waals surface area contributed by atoms with Gasteiger partial charge in [-0.1, -0.05) is 0 Å². The minimum Gasteiger partial charge on any atom is -0.337 e. The zero-order valence-electron chi connectivity index (χ0n) is 10.0. The molecule has 1 N–H and O–H groups in total. The first kappa shape index (κ1) is 11.1. The van der Waals surface area contributed by atoms with E-state index in [0.29, 0.717) is 6.04 Å². The molecule has 88 valence electrons. The average molecular weight is 222 g/mol. The largest absolute Gasteiger partial charge is 0.337 e. The maximum atomic E-state index is 12.2. The van der Waals surface area contributed by atoms with Crippen LogP contribution in [0.3, 0.4) is 0 Å². The van der Waals surface area contributed by atoms with Crippen LogP contribution in [0.5, 0.6) is 0 Å². The van der Waals surface area contributed by atoms with Crippen molar-refractivity contribution in [1.29, 1.82) is 0 Å². The first-order chi connectivity index (χ1) is 7.61. The smallest absolute Gasteiger partial charge is 0.257 e. The second kappa shape index (κ2) is 4.25. The molecule has 5 heteroatoms. The van der Waals surface area contributed by atoms with Crippen LogP contribution in [-0.4, -0.2) is 46.8 Å². The van der Waals surface area contributed by atoms with Gasteiger partial charge in [0.25, 0.3) is 5.91 Å². The summed E-state index contributed by atoms with van der Waals surface area (Å²) in [5.41, 5.74) is 1.53. The van der Waals surface area contributed by atoms with Gasteiger partial charge in [0, 0.05) is 32.4 Å². The van der Waals surface area contributed by atoms with E-state index in [1.165, 1.54) is 0 Å². The maximum Gasteiger partial charge on any atom is 0.257 e. The molecule has 0 spiro atoms. The number of nitrogens with zero attached hydrogens (tertiary/aromatic N) is 3. The Kier molecular flexibility index (Phi) is 2.96. The van der Waals surface area contributed by atoms with E-state index in [1.54, 1.807) is 10.9 Å². The molecule has 1 aliphatic heterocycles. The molecule has 1 unspecified atom stereocenters. The van der Waals surface area contributed by atoms with E-state index >= 15 is 0 Å². The Labute approximate surface area is 95.4 Å². The highest BCUT2D eigenvalue weighted by Gasteiger charge is 2.27. The van der Waals surface area contributed by atoms with Gasteiger partial charge < -0.3 is 10.2 Å². The van der Waals surface area contributed by atoms with E-state index in [1.807, 2.05) is 25.9 Å². The molecule has 0 saturated carbocycles. The van der Waals surface area contributed by atoms with Crippen LogP contribution in [0.25, 0.3) is 0 Å². The number of amides is 1. The highest BCUT2D eigenvalue weighted by atomic mass is 16.2. The molecular weight excluding hydrogens is 204 g/mol.